The van der Waals surface area contributed by atoms with Gasteiger partial charge in [-0.25, -0.2) is 0 Å². The minimum atomic E-state index is -1.57. The lowest BCUT2D eigenvalue weighted by Gasteiger charge is -2.40. The van der Waals surface area contributed by atoms with Crippen LogP contribution in [0.25, 0.3) is 21.9 Å². The quantitative estimate of drug-likeness (QED) is 0.140. The Morgan fingerprint density at radius 3 is 1.24 bits per heavy atom. The predicted molar refractivity (Wildman–Crippen MR) is 318 cm³/mol. The highest BCUT2D eigenvalue weighted by Gasteiger charge is 2.51. The molecule has 0 radical (unpaired) electrons. The van der Waals surface area contributed by atoms with Crippen molar-refractivity contribution >= 4 is 83.2 Å². The maximum atomic E-state index is 2.59. The lowest BCUT2D eigenvalue weighted by Crippen LogP contribution is -2.37. The molecule has 72 heavy (non-hydrogen) atoms. The van der Waals surface area contributed by atoms with E-state index in [0.717, 1.165) is 28.4 Å². The minimum Gasteiger partial charge on any atom is -0.310 e. The summed E-state index contributed by atoms with van der Waals surface area (Å²) in [7, 11) is -3.11. The molecule has 11 rings (SSSR count). The SMILES string of the molecule is CC(C)(C)c1ccc(N(c2ccc([Si](C)(C)C)cc2)c2ccc3c(c2)C2(c4ccccc4Sc4ccccc42)c2cc(N(c4ccc(C(C)(C)C)cc4)c4ccc([Si](C)(C)C)cc4)c4ccccc4c2-3)cc1. The summed E-state index contributed by atoms with van der Waals surface area (Å²) >= 11 is 1.90. The van der Waals surface area contributed by atoms with Gasteiger partial charge in [-0.1, -0.05) is 218 Å². The molecule has 0 amide bonds. The third kappa shape index (κ3) is 8.09. The van der Waals surface area contributed by atoms with Gasteiger partial charge in [0.15, 0.2) is 0 Å². The van der Waals surface area contributed by atoms with Gasteiger partial charge in [-0.3, -0.25) is 0 Å². The molecule has 2 aliphatic rings. The fourth-order valence-corrected chi connectivity index (χ4v) is 14.9. The van der Waals surface area contributed by atoms with Crippen molar-refractivity contribution in [3.8, 4) is 11.1 Å². The second kappa shape index (κ2) is 17.4. The lowest BCUT2D eigenvalue weighted by molar-refractivity contribution is 0.590. The minimum absolute atomic E-state index is 0.0300. The van der Waals surface area contributed by atoms with Gasteiger partial charge in [0.25, 0.3) is 0 Å². The Bertz CT molecular complexity index is 3350. The Morgan fingerprint density at radius 1 is 0.375 bits per heavy atom. The molecule has 1 heterocycles. The summed E-state index contributed by atoms with van der Waals surface area (Å²) in [6, 6.07) is 75.2. The molecular formula is C67H68N2SSi2. The van der Waals surface area contributed by atoms with E-state index >= 15 is 0 Å². The molecule has 0 saturated heterocycles. The van der Waals surface area contributed by atoms with Crippen molar-refractivity contribution in [3.63, 3.8) is 0 Å². The van der Waals surface area contributed by atoms with Crippen LogP contribution in [-0.2, 0) is 16.2 Å². The van der Waals surface area contributed by atoms with Crippen molar-refractivity contribution in [2.45, 2.75) is 107 Å². The molecular weight excluding hydrogens is 921 g/mol. The molecule has 9 aromatic rings. The summed E-state index contributed by atoms with van der Waals surface area (Å²) in [4.78, 5) is 7.61. The van der Waals surface area contributed by atoms with Gasteiger partial charge in [0.2, 0.25) is 0 Å². The van der Waals surface area contributed by atoms with E-state index in [1.165, 1.54) is 81.1 Å². The van der Waals surface area contributed by atoms with E-state index in [-0.39, 0.29) is 10.8 Å². The average molecular weight is 990 g/mol. The Hall–Kier alpha value is -6.38. The zero-order valence-corrected chi connectivity index (χ0v) is 47.1. The van der Waals surface area contributed by atoms with Crippen molar-refractivity contribution in [1.29, 1.82) is 0 Å². The zero-order chi connectivity index (χ0) is 50.5. The van der Waals surface area contributed by atoms with Gasteiger partial charge in [-0.2, -0.15) is 0 Å². The molecule has 0 saturated carbocycles. The van der Waals surface area contributed by atoms with Gasteiger partial charge >= 0.3 is 0 Å². The number of nitrogens with zero attached hydrogens (tertiary/aromatic N) is 2. The summed E-state index contributed by atoms with van der Waals surface area (Å²) in [5.41, 5.74) is 16.9. The van der Waals surface area contributed by atoms with Crippen molar-refractivity contribution in [1.82, 2.24) is 0 Å². The van der Waals surface area contributed by atoms with Crippen LogP contribution in [0.15, 0.2) is 204 Å². The second-order valence-electron chi connectivity index (χ2n) is 24.3. The molecule has 360 valence electrons. The lowest BCUT2D eigenvalue weighted by atomic mass is 9.67. The standard InChI is InChI=1S/C67H68N2SSi2/c1-65(2,3)45-25-29-47(30-26-45)68(48-33-38-52(39-34-48)71(7,8)9)51-37-42-56-59(43-51)67(57-21-15-17-23-62(57)70-63-24-18-16-22-58(63)67)60-44-61(54-19-13-14-20-55(54)64(56)60)69(49-31-27-46(28-32-49)66(4,5)6)50-35-40-53(41-36-50)72(10,11)12/h13-44H,1-12H3. The van der Waals surface area contributed by atoms with Crippen LogP contribution >= 0.6 is 11.8 Å². The summed E-state index contributed by atoms with van der Waals surface area (Å²) in [6.07, 6.45) is 0. The summed E-state index contributed by atoms with van der Waals surface area (Å²) in [6.45, 7) is 28.4. The first-order valence-electron chi connectivity index (χ1n) is 25.8. The maximum absolute atomic E-state index is 2.59. The zero-order valence-electron chi connectivity index (χ0n) is 44.3. The largest absolute Gasteiger partial charge is 0.310 e. The molecule has 2 nitrogen and oxygen atoms in total. The van der Waals surface area contributed by atoms with Crippen molar-refractivity contribution < 1.29 is 0 Å². The molecule has 0 atom stereocenters. The molecule has 9 aromatic carbocycles. The van der Waals surface area contributed by atoms with Gasteiger partial charge < -0.3 is 9.80 Å². The van der Waals surface area contributed by atoms with Gasteiger partial charge in [-0.15, -0.1) is 0 Å². The Labute approximate surface area is 435 Å². The number of fused-ring (bicyclic) bond motifs is 11. The molecule has 0 bridgehead atoms. The van der Waals surface area contributed by atoms with Gasteiger partial charge in [0, 0.05) is 43.6 Å². The van der Waals surface area contributed by atoms with Crippen LogP contribution < -0.4 is 20.2 Å². The van der Waals surface area contributed by atoms with Crippen LogP contribution in [0.2, 0.25) is 39.3 Å². The molecule has 1 aliphatic heterocycles. The number of hydrogen-bond acceptors (Lipinski definition) is 3. The van der Waals surface area contributed by atoms with Crippen LogP contribution in [0.3, 0.4) is 0 Å². The van der Waals surface area contributed by atoms with E-state index in [0.29, 0.717) is 0 Å². The van der Waals surface area contributed by atoms with Crippen LogP contribution in [0, 0.1) is 0 Å². The average Bonchev–Trinajstić information content (AvgIpc) is 3.63. The normalized spacial score (nSPS) is 13.9. The summed E-state index contributed by atoms with van der Waals surface area (Å²) in [5.74, 6) is 0. The number of anilines is 6. The topological polar surface area (TPSA) is 6.48 Å². The van der Waals surface area contributed by atoms with Crippen molar-refractivity contribution in [3.05, 3.63) is 228 Å². The summed E-state index contributed by atoms with van der Waals surface area (Å²) in [5, 5.41) is 5.40. The van der Waals surface area contributed by atoms with E-state index in [1.807, 2.05) is 11.8 Å². The highest BCUT2D eigenvalue weighted by atomic mass is 32.2. The predicted octanol–water partition coefficient (Wildman–Crippen LogP) is 18.3. The van der Waals surface area contributed by atoms with E-state index < -0.39 is 21.6 Å². The van der Waals surface area contributed by atoms with Crippen LogP contribution in [0.5, 0.6) is 0 Å². The van der Waals surface area contributed by atoms with E-state index in [2.05, 4.69) is 285 Å². The van der Waals surface area contributed by atoms with Crippen molar-refractivity contribution in [2.75, 3.05) is 9.80 Å². The molecule has 5 heteroatoms. The highest BCUT2D eigenvalue weighted by Crippen LogP contribution is 2.65. The molecule has 0 unspecified atom stereocenters. The van der Waals surface area contributed by atoms with Gasteiger partial charge in [0.05, 0.1) is 27.3 Å². The van der Waals surface area contributed by atoms with E-state index in [4.69, 9.17) is 0 Å². The maximum Gasteiger partial charge on any atom is 0.0775 e. The van der Waals surface area contributed by atoms with E-state index in [9.17, 15) is 0 Å². The fourth-order valence-electron chi connectivity index (χ4n) is 11.4. The first kappa shape index (κ1) is 47.9. The molecule has 0 aromatic heterocycles. The van der Waals surface area contributed by atoms with Crippen LogP contribution in [0.1, 0.15) is 74.9 Å². The van der Waals surface area contributed by atoms with Gasteiger partial charge in [-0.05, 0) is 140 Å². The Balaban J connectivity index is 1.22. The molecule has 0 N–H and O–H groups in total. The van der Waals surface area contributed by atoms with Crippen LogP contribution in [0.4, 0.5) is 34.1 Å². The van der Waals surface area contributed by atoms with Crippen molar-refractivity contribution in [2.24, 2.45) is 0 Å². The monoisotopic (exact) mass is 988 g/mol. The number of hydrogen-bond donors (Lipinski definition) is 0. The van der Waals surface area contributed by atoms with E-state index in [1.54, 1.807) is 0 Å². The Kier molecular flexibility index (Phi) is 11.6. The molecule has 1 aliphatic carbocycles. The summed E-state index contributed by atoms with van der Waals surface area (Å²) < 4.78 is 0. The third-order valence-corrected chi connectivity index (χ3v) is 20.7. The fraction of sp³-hybridized carbons (Fsp3) is 0.224. The van der Waals surface area contributed by atoms with Crippen LogP contribution in [-0.4, -0.2) is 16.1 Å². The first-order chi connectivity index (χ1) is 34.2. The molecule has 1 spiro atoms. The third-order valence-electron chi connectivity index (χ3n) is 15.4. The molecule has 0 fully saturated rings. The smallest absolute Gasteiger partial charge is 0.0775 e. The Morgan fingerprint density at radius 2 is 0.778 bits per heavy atom. The second-order valence-corrected chi connectivity index (χ2v) is 35.5. The highest BCUT2D eigenvalue weighted by molar-refractivity contribution is 7.99. The number of benzene rings is 9. The number of rotatable bonds is 8. The first-order valence-corrected chi connectivity index (χ1v) is 33.6. The van der Waals surface area contributed by atoms with Gasteiger partial charge in [0.1, 0.15) is 0 Å².